The Labute approximate surface area is 108 Å². The highest BCUT2D eigenvalue weighted by molar-refractivity contribution is 4.97. The van der Waals surface area contributed by atoms with Crippen molar-refractivity contribution in [2.24, 2.45) is 11.7 Å². The van der Waals surface area contributed by atoms with E-state index in [-0.39, 0.29) is 19.1 Å². The fraction of sp³-hybridized carbons (Fsp3) is 1.00. The highest BCUT2D eigenvalue weighted by Gasteiger charge is 2.43. The smallest absolute Gasteiger partial charge is 0.110 e. The Morgan fingerprint density at radius 3 is 2.22 bits per heavy atom. The Morgan fingerprint density at radius 2 is 1.78 bits per heavy atom. The molecule has 1 saturated heterocycles. The van der Waals surface area contributed by atoms with Crippen LogP contribution in [0.15, 0.2) is 0 Å². The molecule has 1 aliphatic heterocycles. The predicted molar refractivity (Wildman–Crippen MR) is 67.6 cm³/mol. The molecule has 1 heterocycles. The minimum atomic E-state index is -1.14. The summed E-state index contributed by atoms with van der Waals surface area (Å²) in [6, 6.07) is -1.29. The van der Waals surface area contributed by atoms with Gasteiger partial charge in [-0.15, -0.1) is 0 Å². The van der Waals surface area contributed by atoms with Gasteiger partial charge < -0.3 is 26.2 Å². The molecule has 1 fully saturated rings. The number of likely N-dealkylation sites (tertiary alicyclic amines) is 1. The molecule has 6 nitrogen and oxygen atoms in total. The summed E-state index contributed by atoms with van der Waals surface area (Å²) in [5.41, 5.74) is 5.75. The molecule has 0 radical (unpaired) electrons. The molecule has 0 aliphatic carbocycles. The molecule has 0 spiro atoms. The van der Waals surface area contributed by atoms with Crippen LogP contribution in [0.2, 0.25) is 0 Å². The number of aliphatic hydroxyl groups excluding tert-OH is 4. The highest BCUT2D eigenvalue weighted by atomic mass is 16.3. The van der Waals surface area contributed by atoms with Gasteiger partial charge in [-0.05, 0) is 18.8 Å². The van der Waals surface area contributed by atoms with E-state index in [9.17, 15) is 20.4 Å². The number of aliphatic hydroxyl groups is 4. The Bertz CT molecular complexity index is 250. The van der Waals surface area contributed by atoms with Crippen molar-refractivity contribution in [1.82, 2.24) is 4.90 Å². The molecule has 108 valence electrons. The van der Waals surface area contributed by atoms with Crippen LogP contribution in [0.5, 0.6) is 0 Å². The van der Waals surface area contributed by atoms with E-state index >= 15 is 0 Å². The lowest BCUT2D eigenvalue weighted by atomic mass is 9.90. The highest BCUT2D eigenvalue weighted by Crippen LogP contribution is 2.25. The number of nitrogens with zero attached hydrogens (tertiary/aromatic N) is 1. The average molecular weight is 262 g/mol. The Morgan fingerprint density at radius 1 is 1.22 bits per heavy atom. The first-order valence-corrected chi connectivity index (χ1v) is 6.64. The molecule has 5 atom stereocenters. The van der Waals surface area contributed by atoms with Gasteiger partial charge in [-0.2, -0.15) is 0 Å². The molecule has 0 aromatic rings. The normalized spacial score (nSPS) is 36.0. The molecule has 0 amide bonds. The molecule has 6 N–H and O–H groups in total. The van der Waals surface area contributed by atoms with Crippen LogP contribution < -0.4 is 5.73 Å². The SMILES string of the molecule is CCC(CC)C(O)N1C[C@H](N)[C@@H](O)[C@H](O)[C@H]1CO. The third-order valence-corrected chi connectivity index (χ3v) is 4.03. The summed E-state index contributed by atoms with van der Waals surface area (Å²) in [6.45, 7) is 3.92. The zero-order valence-corrected chi connectivity index (χ0v) is 11.1. The molecule has 0 bridgehead atoms. The zero-order valence-electron chi connectivity index (χ0n) is 11.1. The summed E-state index contributed by atoms with van der Waals surface area (Å²) in [5, 5.41) is 39.3. The molecular weight excluding hydrogens is 236 g/mol. The Balaban J connectivity index is 2.84. The average Bonchev–Trinajstić information content (AvgIpc) is 2.36. The van der Waals surface area contributed by atoms with E-state index in [1.54, 1.807) is 4.90 Å². The topological polar surface area (TPSA) is 110 Å². The van der Waals surface area contributed by atoms with Gasteiger partial charge in [0.25, 0.3) is 0 Å². The second-order valence-electron chi connectivity index (χ2n) is 5.08. The van der Waals surface area contributed by atoms with E-state index < -0.39 is 30.5 Å². The first kappa shape index (κ1) is 15.8. The number of rotatable bonds is 5. The van der Waals surface area contributed by atoms with E-state index in [0.29, 0.717) is 0 Å². The summed E-state index contributed by atoms with van der Waals surface area (Å²) >= 11 is 0. The van der Waals surface area contributed by atoms with Crippen LogP contribution in [-0.4, -0.2) is 69.0 Å². The maximum absolute atomic E-state index is 10.3. The van der Waals surface area contributed by atoms with Gasteiger partial charge in [0.15, 0.2) is 0 Å². The molecule has 0 saturated carbocycles. The van der Waals surface area contributed by atoms with Crippen molar-refractivity contribution < 1.29 is 20.4 Å². The van der Waals surface area contributed by atoms with Crippen molar-refractivity contribution in [2.75, 3.05) is 13.2 Å². The van der Waals surface area contributed by atoms with Crippen molar-refractivity contribution in [3.63, 3.8) is 0 Å². The van der Waals surface area contributed by atoms with Crippen molar-refractivity contribution in [2.45, 2.75) is 57.2 Å². The van der Waals surface area contributed by atoms with Gasteiger partial charge in [0, 0.05) is 12.6 Å². The Hall–Kier alpha value is -0.240. The number of hydrogen-bond acceptors (Lipinski definition) is 6. The third-order valence-electron chi connectivity index (χ3n) is 4.03. The minimum absolute atomic E-state index is 0.0636. The third kappa shape index (κ3) is 3.01. The molecule has 1 unspecified atom stereocenters. The molecule has 0 aromatic heterocycles. The van der Waals surface area contributed by atoms with E-state index in [1.165, 1.54) is 0 Å². The van der Waals surface area contributed by atoms with E-state index in [1.807, 2.05) is 13.8 Å². The Kier molecular flexibility index (Phi) is 5.97. The van der Waals surface area contributed by atoms with Crippen molar-refractivity contribution in [1.29, 1.82) is 0 Å². The van der Waals surface area contributed by atoms with Gasteiger partial charge in [-0.25, -0.2) is 0 Å². The summed E-state index contributed by atoms with van der Waals surface area (Å²) < 4.78 is 0. The van der Waals surface area contributed by atoms with Crippen LogP contribution in [0.1, 0.15) is 26.7 Å². The largest absolute Gasteiger partial charge is 0.395 e. The van der Waals surface area contributed by atoms with Crippen LogP contribution in [0.3, 0.4) is 0 Å². The lowest BCUT2D eigenvalue weighted by Crippen LogP contribution is -2.67. The van der Waals surface area contributed by atoms with E-state index in [4.69, 9.17) is 5.73 Å². The molecule has 0 aromatic carbocycles. The lowest BCUT2D eigenvalue weighted by molar-refractivity contribution is -0.160. The monoisotopic (exact) mass is 262 g/mol. The fourth-order valence-corrected chi connectivity index (χ4v) is 2.66. The van der Waals surface area contributed by atoms with Crippen LogP contribution in [0.4, 0.5) is 0 Å². The maximum Gasteiger partial charge on any atom is 0.110 e. The van der Waals surface area contributed by atoms with Gasteiger partial charge in [0.2, 0.25) is 0 Å². The van der Waals surface area contributed by atoms with Crippen LogP contribution in [0, 0.1) is 5.92 Å². The molecule has 1 rings (SSSR count). The van der Waals surface area contributed by atoms with Gasteiger partial charge in [-0.3, -0.25) is 4.90 Å². The van der Waals surface area contributed by atoms with Crippen LogP contribution in [-0.2, 0) is 0 Å². The van der Waals surface area contributed by atoms with Crippen molar-refractivity contribution >= 4 is 0 Å². The van der Waals surface area contributed by atoms with Crippen LogP contribution >= 0.6 is 0 Å². The number of hydrogen-bond donors (Lipinski definition) is 5. The summed E-state index contributed by atoms with van der Waals surface area (Å²) in [4.78, 5) is 1.61. The number of nitrogens with two attached hydrogens (primary N) is 1. The first-order valence-electron chi connectivity index (χ1n) is 6.64. The standard InChI is InChI=1S/C12H26N2O4/c1-3-7(4-2)12(18)14-5-8(13)10(16)11(17)9(14)6-15/h7-12,15-18H,3-6,13H2,1-2H3/t8-,9+,10+,11+,12?/m0/s1. The molecule has 1 aliphatic rings. The lowest BCUT2D eigenvalue weighted by Gasteiger charge is -2.47. The van der Waals surface area contributed by atoms with Crippen LogP contribution in [0.25, 0.3) is 0 Å². The molecule has 18 heavy (non-hydrogen) atoms. The maximum atomic E-state index is 10.3. The summed E-state index contributed by atoms with van der Waals surface area (Å²) in [7, 11) is 0. The quantitative estimate of drug-likeness (QED) is 0.411. The second kappa shape index (κ2) is 6.79. The fourth-order valence-electron chi connectivity index (χ4n) is 2.66. The van der Waals surface area contributed by atoms with Crippen molar-refractivity contribution in [3.05, 3.63) is 0 Å². The van der Waals surface area contributed by atoms with Gasteiger partial charge in [0.05, 0.1) is 24.9 Å². The summed E-state index contributed by atoms with van der Waals surface area (Å²) in [5.74, 6) is 0.0636. The van der Waals surface area contributed by atoms with E-state index in [2.05, 4.69) is 0 Å². The zero-order chi connectivity index (χ0) is 13.9. The predicted octanol–water partition coefficient (Wildman–Crippen LogP) is -1.53. The number of piperidine rings is 1. The molecule has 6 heteroatoms. The minimum Gasteiger partial charge on any atom is -0.395 e. The first-order chi connectivity index (χ1) is 8.47. The second-order valence-corrected chi connectivity index (χ2v) is 5.08. The van der Waals surface area contributed by atoms with Gasteiger partial charge in [0.1, 0.15) is 6.23 Å². The van der Waals surface area contributed by atoms with Gasteiger partial charge >= 0.3 is 0 Å². The summed E-state index contributed by atoms with van der Waals surface area (Å²) in [6.07, 6.45) is -1.35. The molecular formula is C12H26N2O4. The van der Waals surface area contributed by atoms with E-state index in [0.717, 1.165) is 12.8 Å². The van der Waals surface area contributed by atoms with Gasteiger partial charge in [-0.1, -0.05) is 13.8 Å². The van der Waals surface area contributed by atoms with Crippen molar-refractivity contribution in [3.8, 4) is 0 Å².